The second-order valence-corrected chi connectivity index (χ2v) is 7.60. The molecule has 0 aliphatic carbocycles. The Labute approximate surface area is 114 Å². The van der Waals surface area contributed by atoms with Gasteiger partial charge in [-0.3, -0.25) is 4.79 Å². The van der Waals surface area contributed by atoms with Crippen LogP contribution >= 0.6 is 27.7 Å². The highest BCUT2D eigenvalue weighted by molar-refractivity contribution is 9.10. The first-order valence-electron chi connectivity index (χ1n) is 5.75. The van der Waals surface area contributed by atoms with Crippen molar-refractivity contribution in [2.45, 2.75) is 25.0 Å². The Bertz CT molecular complexity index is 416. The molecule has 1 aromatic rings. The number of carbonyl (C=O) groups excluding carboxylic acids is 1. The summed E-state index contributed by atoms with van der Waals surface area (Å²) in [6.45, 7) is 6.17. The summed E-state index contributed by atoms with van der Waals surface area (Å²) in [5, 5.41) is 0. The molecule has 2 heterocycles. The van der Waals surface area contributed by atoms with Crippen LogP contribution in [-0.2, 0) is 0 Å². The first kappa shape index (κ1) is 13.0. The van der Waals surface area contributed by atoms with Gasteiger partial charge in [0.15, 0.2) is 0 Å². The van der Waals surface area contributed by atoms with Crippen molar-refractivity contribution in [1.82, 2.24) is 9.88 Å². The molecule has 1 N–H and O–H groups in total. The minimum atomic E-state index is 0.106. The molecule has 1 aromatic heterocycles. The van der Waals surface area contributed by atoms with Gasteiger partial charge in [-0.05, 0) is 28.4 Å². The van der Waals surface area contributed by atoms with E-state index in [0.29, 0.717) is 5.69 Å². The number of aromatic amines is 1. The smallest absolute Gasteiger partial charge is 0.270 e. The van der Waals surface area contributed by atoms with Gasteiger partial charge in [-0.1, -0.05) is 13.8 Å². The lowest BCUT2D eigenvalue weighted by atomic mass is 10.1. The highest BCUT2D eigenvalue weighted by atomic mass is 79.9. The summed E-state index contributed by atoms with van der Waals surface area (Å²) >= 11 is 5.30. The zero-order chi connectivity index (χ0) is 12.5. The van der Waals surface area contributed by atoms with Crippen molar-refractivity contribution in [3.8, 4) is 0 Å². The van der Waals surface area contributed by atoms with Crippen LogP contribution in [0, 0.1) is 0 Å². The summed E-state index contributed by atoms with van der Waals surface area (Å²) in [7, 11) is 0. The van der Waals surface area contributed by atoms with E-state index >= 15 is 0 Å². The highest BCUT2D eigenvalue weighted by Crippen LogP contribution is 2.31. The van der Waals surface area contributed by atoms with E-state index in [1.165, 1.54) is 0 Å². The molecule has 0 spiro atoms. The first-order chi connectivity index (χ1) is 7.98. The number of aromatic nitrogens is 1. The molecule has 0 radical (unpaired) electrons. The Kier molecular flexibility index (Phi) is 3.88. The third-order valence-electron chi connectivity index (χ3n) is 3.00. The van der Waals surface area contributed by atoms with Crippen LogP contribution in [0.5, 0.6) is 0 Å². The van der Waals surface area contributed by atoms with Crippen LogP contribution in [0.25, 0.3) is 0 Å². The van der Waals surface area contributed by atoms with Gasteiger partial charge in [-0.2, -0.15) is 11.8 Å². The maximum atomic E-state index is 12.2. The molecule has 1 fully saturated rings. The van der Waals surface area contributed by atoms with Crippen LogP contribution in [0.1, 0.15) is 30.8 Å². The molecule has 0 bridgehead atoms. The zero-order valence-corrected chi connectivity index (χ0v) is 12.5. The molecule has 0 unspecified atom stereocenters. The Morgan fingerprint density at radius 3 is 2.94 bits per heavy atom. The Morgan fingerprint density at radius 1 is 1.53 bits per heavy atom. The van der Waals surface area contributed by atoms with Gasteiger partial charge in [-0.15, -0.1) is 0 Å². The molecule has 2 rings (SSSR count). The van der Waals surface area contributed by atoms with Crippen LogP contribution in [0.3, 0.4) is 0 Å². The second-order valence-electron chi connectivity index (χ2n) is 4.88. The number of halogens is 1. The monoisotopic (exact) mass is 316 g/mol. The fourth-order valence-electron chi connectivity index (χ4n) is 1.89. The van der Waals surface area contributed by atoms with Gasteiger partial charge in [0.2, 0.25) is 0 Å². The number of H-pyrrole nitrogens is 1. The normalized spacial score (nSPS) is 20.1. The molecule has 1 aliphatic rings. The summed E-state index contributed by atoms with van der Waals surface area (Å²) in [6, 6.07) is 1.84. The SMILES string of the molecule is CC1(C)CCN(C(=O)c2cc(Br)c[nH]2)CCS1. The zero-order valence-electron chi connectivity index (χ0n) is 10.1. The van der Waals surface area contributed by atoms with Crippen LogP contribution in [0.2, 0.25) is 0 Å². The average molecular weight is 317 g/mol. The summed E-state index contributed by atoms with van der Waals surface area (Å²) in [4.78, 5) is 17.2. The van der Waals surface area contributed by atoms with Crippen molar-refractivity contribution in [3.63, 3.8) is 0 Å². The van der Waals surface area contributed by atoms with Crippen LogP contribution in [-0.4, -0.2) is 39.4 Å². The van der Waals surface area contributed by atoms with Gasteiger partial charge in [0.1, 0.15) is 5.69 Å². The lowest BCUT2D eigenvalue weighted by Gasteiger charge is -2.22. The van der Waals surface area contributed by atoms with E-state index < -0.39 is 0 Å². The third-order valence-corrected chi connectivity index (χ3v) is 4.83. The topological polar surface area (TPSA) is 36.1 Å². The van der Waals surface area contributed by atoms with Gasteiger partial charge in [0.25, 0.3) is 5.91 Å². The number of nitrogens with one attached hydrogen (secondary N) is 1. The summed E-state index contributed by atoms with van der Waals surface area (Å²) < 4.78 is 1.20. The molecule has 0 saturated carbocycles. The van der Waals surface area contributed by atoms with E-state index in [1.807, 2.05) is 22.7 Å². The van der Waals surface area contributed by atoms with Crippen molar-refractivity contribution < 1.29 is 4.79 Å². The third kappa shape index (κ3) is 3.28. The van der Waals surface area contributed by atoms with E-state index in [-0.39, 0.29) is 10.7 Å². The summed E-state index contributed by atoms with van der Waals surface area (Å²) in [5.41, 5.74) is 0.668. The quantitative estimate of drug-likeness (QED) is 0.864. The molecule has 5 heteroatoms. The van der Waals surface area contributed by atoms with E-state index in [1.54, 1.807) is 6.20 Å². The number of rotatable bonds is 1. The van der Waals surface area contributed by atoms with E-state index in [4.69, 9.17) is 0 Å². The molecule has 94 valence electrons. The van der Waals surface area contributed by atoms with Crippen molar-refractivity contribution >= 4 is 33.6 Å². The number of thioether (sulfide) groups is 1. The molecule has 17 heavy (non-hydrogen) atoms. The molecule has 1 aliphatic heterocycles. The van der Waals surface area contributed by atoms with Crippen LogP contribution in [0.15, 0.2) is 16.7 Å². The fourth-order valence-corrected chi connectivity index (χ4v) is 3.33. The predicted molar refractivity (Wildman–Crippen MR) is 75.6 cm³/mol. The largest absolute Gasteiger partial charge is 0.356 e. The van der Waals surface area contributed by atoms with Crippen molar-refractivity contribution in [1.29, 1.82) is 0 Å². The molecule has 0 aromatic carbocycles. The highest BCUT2D eigenvalue weighted by Gasteiger charge is 2.26. The van der Waals surface area contributed by atoms with Crippen molar-refractivity contribution in [2.75, 3.05) is 18.8 Å². The van der Waals surface area contributed by atoms with Gasteiger partial charge in [-0.25, -0.2) is 0 Å². The van der Waals surface area contributed by atoms with Crippen molar-refractivity contribution in [3.05, 3.63) is 22.4 Å². The molecule has 3 nitrogen and oxygen atoms in total. The Morgan fingerprint density at radius 2 is 2.29 bits per heavy atom. The number of carbonyl (C=O) groups is 1. The van der Waals surface area contributed by atoms with Gasteiger partial charge < -0.3 is 9.88 Å². The van der Waals surface area contributed by atoms with Gasteiger partial charge in [0, 0.05) is 34.3 Å². The first-order valence-corrected chi connectivity index (χ1v) is 7.53. The lowest BCUT2D eigenvalue weighted by molar-refractivity contribution is 0.0759. The Hall–Kier alpha value is -0.420. The van der Waals surface area contributed by atoms with Gasteiger partial charge in [0.05, 0.1) is 0 Å². The number of nitrogens with zero attached hydrogens (tertiary/aromatic N) is 1. The number of amides is 1. The summed E-state index contributed by atoms with van der Waals surface area (Å²) in [5.74, 6) is 1.12. The molecule has 1 amide bonds. The van der Waals surface area contributed by atoms with Crippen LogP contribution < -0.4 is 0 Å². The molecular weight excluding hydrogens is 300 g/mol. The average Bonchev–Trinajstić information content (AvgIpc) is 2.60. The standard InChI is InChI=1S/C12H17BrN2OS/c1-12(2)3-4-15(5-6-17-12)11(16)10-7-9(13)8-14-10/h7-8,14H,3-6H2,1-2H3. The predicted octanol–water partition coefficient (Wildman–Crippen LogP) is 3.13. The Balaban J connectivity index is 2.05. The maximum Gasteiger partial charge on any atom is 0.270 e. The van der Waals surface area contributed by atoms with E-state index in [0.717, 1.165) is 29.7 Å². The van der Waals surface area contributed by atoms with Crippen LogP contribution in [0.4, 0.5) is 0 Å². The minimum Gasteiger partial charge on any atom is -0.356 e. The summed E-state index contributed by atoms with van der Waals surface area (Å²) in [6.07, 6.45) is 2.84. The minimum absolute atomic E-state index is 0.106. The molecule has 0 atom stereocenters. The molecule has 1 saturated heterocycles. The maximum absolute atomic E-state index is 12.2. The lowest BCUT2D eigenvalue weighted by Crippen LogP contribution is -2.33. The van der Waals surface area contributed by atoms with E-state index in [9.17, 15) is 4.79 Å². The fraction of sp³-hybridized carbons (Fsp3) is 0.583. The van der Waals surface area contributed by atoms with E-state index in [2.05, 4.69) is 34.8 Å². The second kappa shape index (κ2) is 5.06. The van der Waals surface area contributed by atoms with Gasteiger partial charge >= 0.3 is 0 Å². The molecular formula is C12H17BrN2OS. The number of hydrogen-bond acceptors (Lipinski definition) is 2. The number of hydrogen-bond donors (Lipinski definition) is 1. The van der Waals surface area contributed by atoms with Crippen molar-refractivity contribution in [2.24, 2.45) is 0 Å².